The summed E-state index contributed by atoms with van der Waals surface area (Å²) in [6, 6.07) is 12.2. The van der Waals surface area contributed by atoms with Gasteiger partial charge >= 0.3 is 0 Å². The van der Waals surface area contributed by atoms with Gasteiger partial charge in [0.25, 0.3) is 0 Å². The number of aromatic nitrogens is 2. The molecule has 0 saturated carbocycles. The van der Waals surface area contributed by atoms with Gasteiger partial charge in [-0.3, -0.25) is 9.78 Å². The SMILES string of the molecule is Cc1nc(-c2ccccn2)sc1CC(=O)N1CCN(c2ccc(F)cc2)CC1. The Morgan fingerprint density at radius 1 is 1.11 bits per heavy atom. The standard InChI is InChI=1S/C21H21FN4OS/c1-15-19(28-21(24-15)18-4-2-3-9-23-18)14-20(27)26-12-10-25(11-13-26)17-7-5-16(22)6-8-17/h2-9H,10-14H2,1H3. The Bertz CT molecular complexity index is 950. The molecule has 4 rings (SSSR count). The first-order valence-electron chi connectivity index (χ1n) is 9.26. The molecule has 3 aromatic rings. The molecule has 1 aromatic carbocycles. The Labute approximate surface area is 167 Å². The van der Waals surface area contributed by atoms with Gasteiger partial charge in [-0.05, 0) is 43.3 Å². The number of rotatable bonds is 4. The van der Waals surface area contributed by atoms with Crippen molar-refractivity contribution in [3.63, 3.8) is 0 Å². The number of anilines is 1. The first kappa shape index (κ1) is 18.6. The van der Waals surface area contributed by atoms with Crippen LogP contribution < -0.4 is 4.90 Å². The van der Waals surface area contributed by atoms with Gasteiger partial charge in [-0.2, -0.15) is 0 Å². The van der Waals surface area contributed by atoms with Gasteiger partial charge in [0.2, 0.25) is 5.91 Å². The molecular formula is C21H21FN4OS. The molecule has 0 radical (unpaired) electrons. The third-order valence-electron chi connectivity index (χ3n) is 4.91. The van der Waals surface area contributed by atoms with Crippen LogP contribution in [0.3, 0.4) is 0 Å². The predicted octanol–water partition coefficient (Wildman–Crippen LogP) is 3.54. The highest BCUT2D eigenvalue weighted by molar-refractivity contribution is 7.15. The van der Waals surface area contributed by atoms with Crippen molar-refractivity contribution >= 4 is 22.9 Å². The van der Waals surface area contributed by atoms with E-state index in [0.29, 0.717) is 19.5 Å². The molecule has 0 aliphatic carbocycles. The number of carbonyl (C=O) groups excluding carboxylic acids is 1. The second kappa shape index (κ2) is 8.06. The van der Waals surface area contributed by atoms with Crippen LogP contribution in [0.15, 0.2) is 48.7 Å². The van der Waals surface area contributed by atoms with Crippen molar-refractivity contribution in [1.29, 1.82) is 0 Å². The molecule has 3 heterocycles. The minimum Gasteiger partial charge on any atom is -0.368 e. The first-order chi connectivity index (χ1) is 13.6. The summed E-state index contributed by atoms with van der Waals surface area (Å²) in [6.07, 6.45) is 2.12. The Balaban J connectivity index is 1.37. The van der Waals surface area contributed by atoms with Crippen LogP contribution in [-0.2, 0) is 11.2 Å². The minimum atomic E-state index is -0.234. The van der Waals surface area contributed by atoms with E-state index in [1.165, 1.54) is 23.5 Å². The second-order valence-corrected chi connectivity index (χ2v) is 7.85. The number of benzene rings is 1. The zero-order chi connectivity index (χ0) is 19.5. The fraction of sp³-hybridized carbons (Fsp3) is 0.286. The number of thiazole rings is 1. The second-order valence-electron chi connectivity index (χ2n) is 6.76. The predicted molar refractivity (Wildman–Crippen MR) is 109 cm³/mol. The number of hydrogen-bond acceptors (Lipinski definition) is 5. The van der Waals surface area contributed by atoms with E-state index in [1.54, 1.807) is 18.3 Å². The van der Waals surface area contributed by atoms with Crippen LogP contribution in [0, 0.1) is 12.7 Å². The van der Waals surface area contributed by atoms with Gasteiger partial charge in [-0.1, -0.05) is 6.07 Å². The van der Waals surface area contributed by atoms with Crippen LogP contribution in [0.4, 0.5) is 10.1 Å². The maximum atomic E-state index is 13.1. The smallest absolute Gasteiger partial charge is 0.228 e. The Hall–Kier alpha value is -2.80. The van der Waals surface area contributed by atoms with Crippen molar-refractivity contribution < 1.29 is 9.18 Å². The molecule has 2 aromatic heterocycles. The number of hydrogen-bond donors (Lipinski definition) is 0. The summed E-state index contributed by atoms with van der Waals surface area (Å²) in [4.78, 5) is 26.8. The van der Waals surface area contributed by atoms with E-state index in [0.717, 1.165) is 40.0 Å². The average Bonchev–Trinajstić information content (AvgIpc) is 3.10. The van der Waals surface area contributed by atoms with Crippen molar-refractivity contribution in [3.8, 4) is 10.7 Å². The van der Waals surface area contributed by atoms with Gasteiger partial charge in [-0.25, -0.2) is 9.37 Å². The zero-order valence-electron chi connectivity index (χ0n) is 15.6. The van der Waals surface area contributed by atoms with E-state index < -0.39 is 0 Å². The maximum Gasteiger partial charge on any atom is 0.228 e. The number of halogens is 1. The van der Waals surface area contributed by atoms with Crippen LogP contribution in [0.25, 0.3) is 10.7 Å². The number of piperazine rings is 1. The van der Waals surface area contributed by atoms with Crippen LogP contribution in [0.5, 0.6) is 0 Å². The minimum absolute atomic E-state index is 0.123. The number of pyridine rings is 1. The van der Waals surface area contributed by atoms with Crippen LogP contribution in [0.1, 0.15) is 10.6 Å². The molecule has 1 saturated heterocycles. The third-order valence-corrected chi connectivity index (χ3v) is 6.09. The van der Waals surface area contributed by atoms with E-state index >= 15 is 0 Å². The highest BCUT2D eigenvalue weighted by Gasteiger charge is 2.23. The van der Waals surface area contributed by atoms with Gasteiger partial charge < -0.3 is 9.80 Å². The number of amides is 1. The molecule has 0 atom stereocenters. The number of aryl methyl sites for hydroxylation is 1. The van der Waals surface area contributed by atoms with Crippen molar-refractivity contribution in [2.24, 2.45) is 0 Å². The summed E-state index contributed by atoms with van der Waals surface area (Å²) in [5.41, 5.74) is 2.72. The van der Waals surface area contributed by atoms with Crippen molar-refractivity contribution in [2.75, 3.05) is 31.1 Å². The van der Waals surface area contributed by atoms with Crippen molar-refractivity contribution in [2.45, 2.75) is 13.3 Å². The number of nitrogens with zero attached hydrogens (tertiary/aromatic N) is 4. The fourth-order valence-electron chi connectivity index (χ4n) is 3.31. The molecule has 1 aliphatic heterocycles. The lowest BCUT2D eigenvalue weighted by molar-refractivity contribution is -0.130. The lowest BCUT2D eigenvalue weighted by Crippen LogP contribution is -2.49. The summed E-state index contributed by atoms with van der Waals surface area (Å²) in [7, 11) is 0. The molecule has 0 N–H and O–H groups in total. The molecule has 28 heavy (non-hydrogen) atoms. The van der Waals surface area contributed by atoms with Crippen molar-refractivity contribution in [3.05, 3.63) is 65.0 Å². The van der Waals surface area contributed by atoms with Gasteiger partial charge in [-0.15, -0.1) is 11.3 Å². The molecule has 0 bridgehead atoms. The van der Waals surface area contributed by atoms with Crippen molar-refractivity contribution in [1.82, 2.24) is 14.9 Å². The quantitative estimate of drug-likeness (QED) is 0.677. The van der Waals surface area contributed by atoms with Crippen LogP contribution >= 0.6 is 11.3 Å². The third kappa shape index (κ3) is 4.04. The Kier molecular flexibility index (Phi) is 5.34. The summed E-state index contributed by atoms with van der Waals surface area (Å²) in [6.45, 7) is 4.77. The summed E-state index contributed by atoms with van der Waals surface area (Å²) in [5, 5.41) is 0.849. The maximum absolute atomic E-state index is 13.1. The molecule has 7 heteroatoms. The fourth-order valence-corrected chi connectivity index (χ4v) is 4.34. The molecule has 144 valence electrons. The molecule has 1 amide bonds. The van der Waals surface area contributed by atoms with Gasteiger partial charge in [0.05, 0.1) is 17.8 Å². The zero-order valence-corrected chi connectivity index (χ0v) is 16.5. The topological polar surface area (TPSA) is 49.3 Å². The largest absolute Gasteiger partial charge is 0.368 e. The average molecular weight is 396 g/mol. The van der Waals surface area contributed by atoms with Crippen LogP contribution in [-0.4, -0.2) is 47.0 Å². The van der Waals surface area contributed by atoms with E-state index in [-0.39, 0.29) is 11.7 Å². The lowest BCUT2D eigenvalue weighted by atomic mass is 10.2. The Morgan fingerprint density at radius 2 is 1.86 bits per heavy atom. The molecule has 5 nitrogen and oxygen atoms in total. The molecule has 0 unspecified atom stereocenters. The van der Waals surface area contributed by atoms with Gasteiger partial charge in [0, 0.05) is 42.9 Å². The van der Waals surface area contributed by atoms with Gasteiger partial charge in [0.15, 0.2) is 0 Å². The Morgan fingerprint density at radius 3 is 2.54 bits per heavy atom. The summed E-state index contributed by atoms with van der Waals surface area (Å²) < 4.78 is 13.1. The van der Waals surface area contributed by atoms with E-state index in [2.05, 4.69) is 14.9 Å². The lowest BCUT2D eigenvalue weighted by Gasteiger charge is -2.36. The molecule has 1 aliphatic rings. The van der Waals surface area contributed by atoms with E-state index in [9.17, 15) is 9.18 Å². The monoisotopic (exact) mass is 396 g/mol. The van der Waals surface area contributed by atoms with Crippen LogP contribution in [0.2, 0.25) is 0 Å². The normalized spacial score (nSPS) is 14.4. The molecule has 1 fully saturated rings. The first-order valence-corrected chi connectivity index (χ1v) is 10.1. The van der Waals surface area contributed by atoms with E-state index in [4.69, 9.17) is 0 Å². The highest BCUT2D eigenvalue weighted by atomic mass is 32.1. The highest BCUT2D eigenvalue weighted by Crippen LogP contribution is 2.27. The van der Waals surface area contributed by atoms with Gasteiger partial charge in [0.1, 0.15) is 10.8 Å². The molecular weight excluding hydrogens is 375 g/mol. The molecule has 0 spiro atoms. The summed E-state index contributed by atoms with van der Waals surface area (Å²) in [5.74, 6) is -0.111. The van der Waals surface area contributed by atoms with E-state index in [1.807, 2.05) is 30.0 Å². The summed E-state index contributed by atoms with van der Waals surface area (Å²) >= 11 is 1.54. The number of carbonyl (C=O) groups is 1.